The van der Waals surface area contributed by atoms with Crippen LogP contribution in [0.2, 0.25) is 0 Å². The fourth-order valence-electron chi connectivity index (χ4n) is 2.91. The third-order valence-corrected chi connectivity index (χ3v) is 4.33. The van der Waals surface area contributed by atoms with Gasteiger partial charge in [0, 0.05) is 24.0 Å². The van der Waals surface area contributed by atoms with Crippen LogP contribution in [-0.2, 0) is 11.2 Å². The molecule has 0 spiro atoms. The minimum atomic E-state index is -0.285. The van der Waals surface area contributed by atoms with Crippen LogP contribution in [0.4, 0.5) is 5.69 Å². The number of anilines is 1. The molecule has 4 rings (SSSR count). The smallest absolute Gasteiger partial charge is 0.259 e. The summed E-state index contributed by atoms with van der Waals surface area (Å²) in [6.07, 6.45) is 0.486. The molecule has 0 aliphatic rings. The number of hydrogen-bond donors (Lipinski definition) is 2. The molecule has 2 aromatic carbocycles. The van der Waals surface area contributed by atoms with Gasteiger partial charge in [0.1, 0.15) is 0 Å². The molecule has 28 heavy (non-hydrogen) atoms. The third-order valence-electron chi connectivity index (χ3n) is 4.33. The van der Waals surface area contributed by atoms with Gasteiger partial charge in [-0.15, -0.1) is 0 Å². The van der Waals surface area contributed by atoms with Crippen LogP contribution >= 0.6 is 0 Å². The van der Waals surface area contributed by atoms with Gasteiger partial charge in [-0.2, -0.15) is 4.98 Å². The number of carbonyl (C=O) groups is 1. The number of aromatic nitrogens is 3. The summed E-state index contributed by atoms with van der Waals surface area (Å²) in [6, 6.07) is 16.8. The van der Waals surface area contributed by atoms with Crippen molar-refractivity contribution >= 4 is 22.5 Å². The Labute approximate surface area is 160 Å². The molecular weight excluding hydrogens is 356 g/mol. The Hall–Kier alpha value is -3.74. The molecule has 0 atom stereocenters. The molecule has 140 valence electrons. The molecule has 0 unspecified atom stereocenters. The molecule has 1 amide bonds. The number of hydrogen-bond acceptors (Lipinski definition) is 5. The van der Waals surface area contributed by atoms with E-state index in [0.717, 1.165) is 22.2 Å². The van der Waals surface area contributed by atoms with Gasteiger partial charge in [-0.3, -0.25) is 9.59 Å². The Morgan fingerprint density at radius 2 is 1.96 bits per heavy atom. The fourth-order valence-corrected chi connectivity index (χ4v) is 2.91. The molecule has 0 bridgehead atoms. The number of amides is 1. The zero-order chi connectivity index (χ0) is 19.5. The van der Waals surface area contributed by atoms with Gasteiger partial charge in [0.05, 0.1) is 5.56 Å². The van der Waals surface area contributed by atoms with E-state index in [0.29, 0.717) is 11.5 Å². The van der Waals surface area contributed by atoms with Gasteiger partial charge < -0.3 is 14.8 Å². The van der Waals surface area contributed by atoms with Crippen molar-refractivity contribution < 1.29 is 9.32 Å². The monoisotopic (exact) mass is 374 g/mol. The second kappa shape index (κ2) is 7.48. The number of fused-ring (bicyclic) bond motifs is 1. The fraction of sp³-hybridized carbons (Fsp3) is 0.143. The molecule has 7 nitrogen and oxygen atoms in total. The number of H-pyrrole nitrogens is 1. The van der Waals surface area contributed by atoms with E-state index < -0.39 is 0 Å². The first-order valence-corrected chi connectivity index (χ1v) is 8.90. The summed E-state index contributed by atoms with van der Waals surface area (Å²) in [6.45, 7) is 1.96. The summed E-state index contributed by atoms with van der Waals surface area (Å²) in [5.74, 6) is 0.369. The maximum Gasteiger partial charge on any atom is 0.259 e. The van der Waals surface area contributed by atoms with Gasteiger partial charge in [-0.1, -0.05) is 35.5 Å². The second-order valence-corrected chi connectivity index (χ2v) is 6.53. The Balaban J connectivity index is 1.48. The van der Waals surface area contributed by atoms with Crippen molar-refractivity contribution in [2.24, 2.45) is 0 Å². The van der Waals surface area contributed by atoms with Crippen molar-refractivity contribution in [1.82, 2.24) is 15.1 Å². The first-order chi connectivity index (χ1) is 13.6. The highest BCUT2D eigenvalue weighted by Crippen LogP contribution is 2.18. The number of benzene rings is 2. The molecule has 0 saturated carbocycles. The lowest BCUT2D eigenvalue weighted by Crippen LogP contribution is -2.12. The molecule has 0 saturated heterocycles. The van der Waals surface area contributed by atoms with Gasteiger partial charge in [0.2, 0.25) is 17.6 Å². The van der Waals surface area contributed by atoms with Crippen LogP contribution in [0.25, 0.3) is 22.3 Å². The molecule has 0 aliphatic heterocycles. The molecule has 0 radical (unpaired) electrons. The van der Waals surface area contributed by atoms with Crippen molar-refractivity contribution in [3.8, 4) is 11.4 Å². The maximum absolute atomic E-state index is 12.4. The van der Waals surface area contributed by atoms with E-state index in [1.54, 1.807) is 6.07 Å². The molecule has 0 aliphatic carbocycles. The summed E-state index contributed by atoms with van der Waals surface area (Å²) < 4.78 is 5.21. The van der Waals surface area contributed by atoms with Gasteiger partial charge in [-0.25, -0.2) is 0 Å². The third kappa shape index (κ3) is 3.83. The van der Waals surface area contributed by atoms with Gasteiger partial charge >= 0.3 is 0 Å². The minimum Gasteiger partial charge on any atom is -0.339 e. The number of nitrogens with one attached hydrogen (secondary N) is 2. The van der Waals surface area contributed by atoms with Gasteiger partial charge in [-0.05, 0) is 42.1 Å². The predicted molar refractivity (Wildman–Crippen MR) is 106 cm³/mol. The van der Waals surface area contributed by atoms with E-state index in [1.165, 1.54) is 0 Å². The van der Waals surface area contributed by atoms with Crippen molar-refractivity contribution in [1.29, 1.82) is 0 Å². The summed E-state index contributed by atoms with van der Waals surface area (Å²) in [7, 11) is 0. The second-order valence-electron chi connectivity index (χ2n) is 6.53. The molecule has 2 heterocycles. The average Bonchev–Trinajstić information content (AvgIpc) is 3.15. The average molecular weight is 374 g/mol. The number of pyridine rings is 1. The highest BCUT2D eigenvalue weighted by molar-refractivity contribution is 5.90. The lowest BCUT2D eigenvalue weighted by Gasteiger charge is -2.03. The van der Waals surface area contributed by atoms with Gasteiger partial charge in [0.15, 0.2) is 0 Å². The van der Waals surface area contributed by atoms with E-state index in [2.05, 4.69) is 20.4 Å². The van der Waals surface area contributed by atoms with Crippen LogP contribution in [0.3, 0.4) is 0 Å². The maximum atomic E-state index is 12.4. The van der Waals surface area contributed by atoms with Crippen LogP contribution in [0.15, 0.2) is 63.9 Å². The first kappa shape index (κ1) is 17.7. The Morgan fingerprint density at radius 3 is 2.79 bits per heavy atom. The SMILES string of the molecule is Cc1ccc2cc(-c3noc(CCC(=O)Nc4ccccc4)n3)c(=O)[nH]c2c1. The van der Waals surface area contributed by atoms with Gasteiger partial charge in [0.25, 0.3) is 5.56 Å². The van der Waals surface area contributed by atoms with Crippen LogP contribution < -0.4 is 10.9 Å². The number of aryl methyl sites for hydroxylation is 2. The predicted octanol–water partition coefficient (Wildman–Crippen LogP) is 3.46. The molecule has 2 N–H and O–H groups in total. The first-order valence-electron chi connectivity index (χ1n) is 8.90. The number of para-hydroxylation sites is 1. The van der Waals surface area contributed by atoms with Crippen LogP contribution in [-0.4, -0.2) is 21.0 Å². The van der Waals surface area contributed by atoms with E-state index >= 15 is 0 Å². The van der Waals surface area contributed by atoms with Crippen LogP contribution in [0.1, 0.15) is 17.9 Å². The number of nitrogens with zero attached hydrogens (tertiary/aromatic N) is 2. The summed E-state index contributed by atoms with van der Waals surface area (Å²) in [4.78, 5) is 31.5. The van der Waals surface area contributed by atoms with Crippen LogP contribution in [0.5, 0.6) is 0 Å². The van der Waals surface area contributed by atoms with Crippen molar-refractivity contribution in [2.45, 2.75) is 19.8 Å². The lowest BCUT2D eigenvalue weighted by atomic mass is 10.1. The highest BCUT2D eigenvalue weighted by Gasteiger charge is 2.14. The van der Waals surface area contributed by atoms with E-state index in [4.69, 9.17) is 4.52 Å². The summed E-state index contributed by atoms with van der Waals surface area (Å²) >= 11 is 0. The normalized spacial score (nSPS) is 10.9. The molecule has 4 aromatic rings. The quantitative estimate of drug-likeness (QED) is 0.557. The topological polar surface area (TPSA) is 101 Å². The van der Waals surface area contributed by atoms with E-state index in [9.17, 15) is 9.59 Å². The van der Waals surface area contributed by atoms with Crippen molar-refractivity contribution in [3.63, 3.8) is 0 Å². The Bertz CT molecular complexity index is 1200. The summed E-state index contributed by atoms with van der Waals surface area (Å²) in [5, 5.41) is 7.58. The van der Waals surface area contributed by atoms with E-state index in [1.807, 2.05) is 55.5 Å². The zero-order valence-electron chi connectivity index (χ0n) is 15.2. The molecule has 7 heteroatoms. The Morgan fingerprint density at radius 1 is 1.14 bits per heavy atom. The minimum absolute atomic E-state index is 0.148. The molecule has 2 aromatic heterocycles. The highest BCUT2D eigenvalue weighted by atomic mass is 16.5. The number of carbonyl (C=O) groups excluding carboxylic acids is 1. The molecular formula is C21H18N4O3. The number of aromatic amines is 1. The van der Waals surface area contributed by atoms with Crippen molar-refractivity contribution in [2.75, 3.05) is 5.32 Å². The standard InChI is InChI=1S/C21H18N4O3/c1-13-7-8-14-12-16(21(27)23-17(14)11-13)20-24-19(28-25-20)10-9-18(26)22-15-5-3-2-4-6-15/h2-8,11-12H,9-10H2,1H3,(H,22,26)(H,23,27). The summed E-state index contributed by atoms with van der Waals surface area (Å²) in [5.41, 5.74) is 2.60. The van der Waals surface area contributed by atoms with E-state index in [-0.39, 0.29) is 30.1 Å². The zero-order valence-corrected chi connectivity index (χ0v) is 15.2. The molecule has 0 fully saturated rings. The van der Waals surface area contributed by atoms with Crippen molar-refractivity contribution in [3.05, 3.63) is 76.4 Å². The Kier molecular flexibility index (Phi) is 4.72. The lowest BCUT2D eigenvalue weighted by molar-refractivity contribution is -0.116. The number of rotatable bonds is 5. The largest absolute Gasteiger partial charge is 0.339 e. The van der Waals surface area contributed by atoms with Crippen LogP contribution in [0, 0.1) is 6.92 Å².